The molecule has 0 amide bonds. The monoisotopic (exact) mass is 466 g/mol. The van der Waals surface area contributed by atoms with Gasteiger partial charge in [-0.2, -0.15) is 11.3 Å². The lowest BCUT2D eigenvalue weighted by Gasteiger charge is -2.15. The molecule has 0 radical (unpaired) electrons. The van der Waals surface area contributed by atoms with Crippen molar-refractivity contribution in [3.63, 3.8) is 0 Å². The fourth-order valence-corrected chi connectivity index (χ4v) is 4.42. The molecule has 4 aromatic rings. The van der Waals surface area contributed by atoms with Crippen LogP contribution in [0.4, 0.5) is 15.9 Å². The highest BCUT2D eigenvalue weighted by Gasteiger charge is 2.21. The van der Waals surface area contributed by atoms with Crippen LogP contribution in [-0.4, -0.2) is 35.3 Å². The number of rotatable bonds is 9. The zero-order valence-electron chi connectivity index (χ0n) is 19.1. The number of hydrogen-bond acceptors (Lipinski definition) is 8. The van der Waals surface area contributed by atoms with Gasteiger partial charge in [0.25, 0.3) is 0 Å². The van der Waals surface area contributed by atoms with E-state index in [0.29, 0.717) is 17.4 Å². The third-order valence-corrected chi connectivity index (χ3v) is 6.17. The predicted molar refractivity (Wildman–Crippen MR) is 130 cm³/mol. The Morgan fingerprint density at radius 1 is 1.03 bits per heavy atom. The van der Waals surface area contributed by atoms with Gasteiger partial charge in [-0.1, -0.05) is 5.16 Å². The third-order valence-electron chi connectivity index (χ3n) is 5.37. The predicted octanol–water partition coefficient (Wildman–Crippen LogP) is 4.98. The minimum absolute atomic E-state index is 0.286. The normalized spacial score (nSPS) is 11.2. The van der Waals surface area contributed by atoms with E-state index in [9.17, 15) is 4.39 Å². The molecule has 33 heavy (non-hydrogen) atoms. The minimum Gasteiger partial charge on any atom is -0.361 e. The van der Waals surface area contributed by atoms with Crippen molar-refractivity contribution < 1.29 is 8.91 Å². The average Bonchev–Trinajstić information content (AvgIpc) is 3.40. The van der Waals surface area contributed by atoms with Crippen LogP contribution in [-0.2, 0) is 6.54 Å². The van der Waals surface area contributed by atoms with Gasteiger partial charge in [0.05, 0.1) is 17.0 Å². The Kier molecular flexibility index (Phi) is 7.12. The van der Waals surface area contributed by atoms with Crippen LogP contribution >= 0.6 is 11.3 Å². The largest absolute Gasteiger partial charge is 0.361 e. The van der Waals surface area contributed by atoms with Crippen molar-refractivity contribution in [1.82, 2.24) is 25.8 Å². The zero-order valence-corrected chi connectivity index (χ0v) is 19.9. The molecule has 0 unspecified atom stereocenters. The van der Waals surface area contributed by atoms with Crippen molar-refractivity contribution in [2.24, 2.45) is 0 Å². The first-order chi connectivity index (χ1) is 16.0. The number of aromatic nitrogens is 3. The van der Waals surface area contributed by atoms with Gasteiger partial charge in [0.15, 0.2) is 5.82 Å². The number of halogens is 1. The molecule has 0 bridgehead atoms. The van der Waals surface area contributed by atoms with Crippen molar-refractivity contribution in [2.45, 2.75) is 27.3 Å². The second-order valence-electron chi connectivity index (χ2n) is 7.79. The average molecular weight is 467 g/mol. The summed E-state index contributed by atoms with van der Waals surface area (Å²) in [7, 11) is 1.93. The molecule has 0 fully saturated rings. The molecule has 0 aliphatic rings. The van der Waals surface area contributed by atoms with E-state index in [1.807, 2.05) is 27.8 Å². The van der Waals surface area contributed by atoms with E-state index in [4.69, 9.17) is 14.5 Å². The van der Waals surface area contributed by atoms with Gasteiger partial charge in [-0.3, -0.25) is 0 Å². The first-order valence-electron chi connectivity index (χ1n) is 10.7. The van der Waals surface area contributed by atoms with Crippen LogP contribution in [0, 0.1) is 26.6 Å². The second-order valence-corrected chi connectivity index (χ2v) is 8.54. The lowest BCUT2D eigenvalue weighted by Crippen LogP contribution is -2.24. The van der Waals surface area contributed by atoms with Crippen molar-refractivity contribution in [1.29, 1.82) is 0 Å². The number of hydrogen-bond donors (Lipinski definition) is 3. The topological polar surface area (TPSA) is 87.9 Å². The van der Waals surface area contributed by atoms with Gasteiger partial charge < -0.3 is 20.5 Å². The molecule has 3 heterocycles. The van der Waals surface area contributed by atoms with Crippen LogP contribution in [0.15, 0.2) is 39.5 Å². The smallest absolute Gasteiger partial charge is 0.163 e. The molecular formula is C24H27FN6OS. The SMILES string of the molecule is CNCCNCc1cscc1-c1nc(Nc2ccc(F)cc2)c(C)c(-c2c(C)noc2C)n1. The van der Waals surface area contributed by atoms with Crippen LogP contribution in [0.2, 0.25) is 0 Å². The molecule has 0 spiro atoms. The molecule has 0 saturated heterocycles. The number of thiophene rings is 1. The van der Waals surface area contributed by atoms with Gasteiger partial charge in [0.1, 0.15) is 17.4 Å². The standard InChI is InChI=1S/C24H27FN6OS/c1-14-22(21-15(2)31-32-16(21)3)29-24(20-13-33-12-17(20)11-27-10-9-26-4)30-23(14)28-19-7-5-18(25)6-8-19/h5-8,12-13,26-27H,9-11H2,1-4H3,(H,28,29,30). The molecule has 3 N–H and O–H groups in total. The number of aryl methyl sites for hydroxylation is 2. The van der Waals surface area contributed by atoms with Gasteiger partial charge >= 0.3 is 0 Å². The van der Waals surface area contributed by atoms with Crippen LogP contribution in [0.25, 0.3) is 22.6 Å². The van der Waals surface area contributed by atoms with E-state index in [1.54, 1.807) is 23.5 Å². The second kappa shape index (κ2) is 10.2. The zero-order chi connectivity index (χ0) is 23.4. The number of likely N-dealkylation sites (N-methyl/N-ethyl adjacent to an activating group) is 1. The Bertz CT molecular complexity index is 1210. The van der Waals surface area contributed by atoms with E-state index >= 15 is 0 Å². The van der Waals surface area contributed by atoms with E-state index < -0.39 is 0 Å². The summed E-state index contributed by atoms with van der Waals surface area (Å²) in [5.41, 5.74) is 6.12. The summed E-state index contributed by atoms with van der Waals surface area (Å²) >= 11 is 1.62. The Morgan fingerprint density at radius 3 is 2.52 bits per heavy atom. The molecule has 4 rings (SSSR count). The van der Waals surface area contributed by atoms with E-state index in [1.165, 1.54) is 12.1 Å². The van der Waals surface area contributed by atoms with Gasteiger partial charge in [0, 0.05) is 41.8 Å². The lowest BCUT2D eigenvalue weighted by atomic mass is 10.0. The molecule has 0 aliphatic heterocycles. The molecular weight excluding hydrogens is 439 g/mol. The molecule has 0 saturated carbocycles. The highest BCUT2D eigenvalue weighted by molar-refractivity contribution is 7.08. The van der Waals surface area contributed by atoms with Crippen molar-refractivity contribution >= 4 is 22.8 Å². The van der Waals surface area contributed by atoms with E-state index in [2.05, 4.69) is 31.9 Å². The summed E-state index contributed by atoms with van der Waals surface area (Å²) in [5, 5.41) is 18.2. The maximum atomic E-state index is 13.4. The van der Waals surface area contributed by atoms with Crippen molar-refractivity contribution in [2.75, 3.05) is 25.5 Å². The minimum atomic E-state index is -0.286. The Balaban J connectivity index is 1.78. The molecule has 7 nitrogen and oxygen atoms in total. The Hall–Kier alpha value is -3.14. The lowest BCUT2D eigenvalue weighted by molar-refractivity contribution is 0.393. The van der Waals surface area contributed by atoms with Gasteiger partial charge in [-0.05, 0) is 63.0 Å². The maximum Gasteiger partial charge on any atom is 0.163 e. The van der Waals surface area contributed by atoms with E-state index in [-0.39, 0.29) is 5.82 Å². The molecule has 172 valence electrons. The summed E-state index contributed by atoms with van der Waals surface area (Å²) in [6.07, 6.45) is 0. The molecule has 0 atom stereocenters. The number of nitrogens with one attached hydrogen (secondary N) is 3. The van der Waals surface area contributed by atoms with Crippen LogP contribution in [0.5, 0.6) is 0 Å². The molecule has 9 heteroatoms. The maximum absolute atomic E-state index is 13.4. The van der Waals surface area contributed by atoms with Crippen molar-refractivity contribution in [3.8, 4) is 22.6 Å². The molecule has 1 aromatic carbocycles. The van der Waals surface area contributed by atoms with Crippen LogP contribution in [0.1, 0.15) is 22.6 Å². The number of benzene rings is 1. The van der Waals surface area contributed by atoms with Crippen LogP contribution in [0.3, 0.4) is 0 Å². The summed E-state index contributed by atoms with van der Waals surface area (Å²) in [6, 6.07) is 6.22. The van der Waals surface area contributed by atoms with Crippen molar-refractivity contribution in [3.05, 3.63) is 63.4 Å². The molecule has 3 aromatic heterocycles. The van der Waals surface area contributed by atoms with Gasteiger partial charge in [-0.25, -0.2) is 14.4 Å². The Labute approximate surface area is 196 Å². The Morgan fingerprint density at radius 2 is 1.82 bits per heavy atom. The van der Waals surface area contributed by atoms with Gasteiger partial charge in [0.2, 0.25) is 0 Å². The van der Waals surface area contributed by atoms with Crippen LogP contribution < -0.4 is 16.0 Å². The number of anilines is 2. The molecule has 0 aliphatic carbocycles. The summed E-state index contributed by atoms with van der Waals surface area (Å²) in [4.78, 5) is 9.82. The fourth-order valence-electron chi connectivity index (χ4n) is 3.59. The number of nitrogens with zero attached hydrogens (tertiary/aromatic N) is 3. The summed E-state index contributed by atoms with van der Waals surface area (Å²) < 4.78 is 18.8. The summed E-state index contributed by atoms with van der Waals surface area (Å²) in [6.45, 7) is 8.22. The highest BCUT2D eigenvalue weighted by Crippen LogP contribution is 2.35. The third kappa shape index (κ3) is 5.11. The highest BCUT2D eigenvalue weighted by atomic mass is 32.1. The first kappa shape index (κ1) is 23.0. The fraction of sp³-hybridized carbons (Fsp3) is 0.292. The van der Waals surface area contributed by atoms with E-state index in [0.717, 1.165) is 59.0 Å². The quantitative estimate of drug-likeness (QED) is 0.300. The summed E-state index contributed by atoms with van der Waals surface area (Å²) in [5.74, 6) is 1.69. The van der Waals surface area contributed by atoms with Gasteiger partial charge in [-0.15, -0.1) is 0 Å². The first-order valence-corrected chi connectivity index (χ1v) is 11.7.